The van der Waals surface area contributed by atoms with E-state index in [0.717, 1.165) is 0 Å². The predicted octanol–water partition coefficient (Wildman–Crippen LogP) is -1.54. The van der Waals surface area contributed by atoms with E-state index in [1.54, 1.807) is 30.3 Å². The summed E-state index contributed by atoms with van der Waals surface area (Å²) in [6.45, 7) is 4.50. The number of rotatable bonds is 19. The van der Waals surface area contributed by atoms with E-state index in [1.165, 1.54) is 24.3 Å². The van der Waals surface area contributed by atoms with Crippen molar-refractivity contribution in [2.75, 3.05) is 19.3 Å². The van der Waals surface area contributed by atoms with Crippen molar-refractivity contribution in [2.45, 2.75) is 83.1 Å². The second-order valence-electron chi connectivity index (χ2n) is 13.3. The summed E-state index contributed by atoms with van der Waals surface area (Å²) in [4.78, 5) is 106. The second kappa shape index (κ2) is 19.3. The van der Waals surface area contributed by atoms with Crippen LogP contribution in [0.15, 0.2) is 42.9 Å². The van der Waals surface area contributed by atoms with Crippen LogP contribution in [-0.4, -0.2) is 115 Å². The lowest BCUT2D eigenvalue weighted by Crippen LogP contribution is -2.61. The maximum Gasteiger partial charge on any atom is 0.325 e. The van der Waals surface area contributed by atoms with E-state index in [-0.39, 0.29) is 31.1 Å². The number of imidazole rings is 1. The van der Waals surface area contributed by atoms with Crippen LogP contribution in [0.4, 0.5) is 0 Å². The first-order valence-electron chi connectivity index (χ1n) is 16.9. The third-order valence-corrected chi connectivity index (χ3v) is 9.56. The molecule has 0 spiro atoms. The average molecular weight is 749 g/mol. The first kappa shape index (κ1) is 41.8. The van der Waals surface area contributed by atoms with E-state index >= 15 is 0 Å². The van der Waals surface area contributed by atoms with Gasteiger partial charge in [0.05, 0.1) is 19.1 Å². The van der Waals surface area contributed by atoms with Gasteiger partial charge >= 0.3 is 7.60 Å². The molecule has 52 heavy (non-hydrogen) atoms. The number of aliphatic hydroxyl groups is 1. The molecular weight excluding hydrogens is 699 g/mol. The maximum atomic E-state index is 13.7. The van der Waals surface area contributed by atoms with Gasteiger partial charge in [-0.2, -0.15) is 0 Å². The minimum absolute atomic E-state index is 0.0457. The summed E-state index contributed by atoms with van der Waals surface area (Å²) in [5, 5.41) is 20.2. The zero-order chi connectivity index (χ0) is 38.6. The van der Waals surface area contributed by atoms with Crippen molar-refractivity contribution in [1.29, 1.82) is 0 Å². The third-order valence-electron chi connectivity index (χ3n) is 8.62. The van der Waals surface area contributed by atoms with Gasteiger partial charge in [0.25, 0.3) is 0 Å². The zero-order valence-corrected chi connectivity index (χ0v) is 30.3. The molecule has 286 valence electrons. The molecule has 1 aliphatic rings. The molecule has 1 saturated heterocycles. The summed E-state index contributed by atoms with van der Waals surface area (Å²) >= 11 is 0. The highest BCUT2D eigenvalue weighted by Gasteiger charge is 2.38. The van der Waals surface area contributed by atoms with Crippen LogP contribution in [0.2, 0.25) is 0 Å². The van der Waals surface area contributed by atoms with Crippen LogP contribution in [0, 0.1) is 11.8 Å². The van der Waals surface area contributed by atoms with Crippen LogP contribution < -0.4 is 27.0 Å². The van der Waals surface area contributed by atoms with Gasteiger partial charge in [-0.15, -0.1) is 0 Å². The number of hydrogen-bond acceptors (Lipinski definition) is 9. The normalized spacial score (nSPS) is 17.4. The van der Waals surface area contributed by atoms with E-state index in [1.807, 2.05) is 13.8 Å². The minimum atomic E-state index is -4.71. The number of aromatic amines is 1. The number of carbonyl (C=O) groups excluding carboxylic acids is 6. The summed E-state index contributed by atoms with van der Waals surface area (Å²) in [5.74, 6) is -5.81. The van der Waals surface area contributed by atoms with E-state index in [2.05, 4.69) is 31.2 Å². The number of aromatic nitrogens is 2. The Morgan fingerprint density at radius 1 is 0.962 bits per heavy atom. The smallest absolute Gasteiger partial charge is 0.325 e. The lowest BCUT2D eigenvalue weighted by molar-refractivity contribution is -0.138. The molecule has 1 aromatic heterocycles. The predicted molar refractivity (Wildman–Crippen MR) is 187 cm³/mol. The molecule has 6 amide bonds. The van der Waals surface area contributed by atoms with Gasteiger partial charge in [-0.25, -0.2) is 4.98 Å². The fourth-order valence-corrected chi connectivity index (χ4v) is 7.09. The fraction of sp³-hybridized carbons (Fsp3) is 0.545. The Labute approximate surface area is 301 Å². The van der Waals surface area contributed by atoms with Crippen LogP contribution in [0.5, 0.6) is 0 Å². The molecule has 1 fully saturated rings. The van der Waals surface area contributed by atoms with Gasteiger partial charge in [-0.3, -0.25) is 33.3 Å². The highest BCUT2D eigenvalue weighted by Crippen LogP contribution is 2.38. The number of H-pyrrole nitrogens is 1. The molecule has 3 rings (SSSR count). The molecule has 2 aromatic rings. The van der Waals surface area contributed by atoms with Crippen molar-refractivity contribution in [3.63, 3.8) is 0 Å². The summed E-state index contributed by atoms with van der Waals surface area (Å²) in [6, 6.07) is 1.95. The Morgan fingerprint density at radius 3 is 2.15 bits per heavy atom. The molecule has 1 aromatic carbocycles. The second-order valence-corrected chi connectivity index (χ2v) is 15.0. The highest BCUT2D eigenvalue weighted by atomic mass is 31.2. The van der Waals surface area contributed by atoms with Gasteiger partial charge < -0.3 is 51.8 Å². The Morgan fingerprint density at radius 2 is 1.60 bits per heavy atom. The molecule has 1 aliphatic heterocycles. The molecule has 0 radical (unpaired) electrons. The van der Waals surface area contributed by atoms with Crippen LogP contribution in [-0.2, 0) is 46.2 Å². The number of hydrogen-bond donors (Lipinski definition) is 9. The van der Waals surface area contributed by atoms with Gasteiger partial charge in [0.2, 0.25) is 35.4 Å². The number of primary amides is 1. The molecule has 0 saturated carbocycles. The standard InChI is InChI=1S/C33H49N8O10P/c1-19(2)12-24(38-33(48)27-10-7-11-41(27)20(3)43)30(45)37-25(14-23-15-35-18-36-23)31(46)39-26(16-42)32(47)40-28(29(34)44)22(17-52(49,50)51)13-21-8-5-4-6-9-21/h4-6,8-9,15,18-19,22,24-28,42H,7,10-14,16-17H2,1-3H3,(H2,34,44)(H,35,36)(H,37,45)(H,38,48)(H,39,46)(H,40,47)(H2,49,50,51)/t22-,24-,25-,26-,27?,28?/m0/s1. The lowest BCUT2D eigenvalue weighted by Gasteiger charge is -2.29. The first-order chi connectivity index (χ1) is 24.5. The zero-order valence-electron chi connectivity index (χ0n) is 29.4. The van der Waals surface area contributed by atoms with E-state index < -0.39 is 86.0 Å². The summed E-state index contributed by atoms with van der Waals surface area (Å²) in [7, 11) is -4.71. The van der Waals surface area contributed by atoms with Crippen LogP contribution in [0.1, 0.15) is 51.3 Å². The van der Waals surface area contributed by atoms with Crippen molar-refractivity contribution in [2.24, 2.45) is 17.6 Å². The molecule has 0 bridgehead atoms. The first-order valence-corrected chi connectivity index (χ1v) is 18.7. The fourth-order valence-electron chi connectivity index (χ4n) is 6.14. The monoisotopic (exact) mass is 748 g/mol. The highest BCUT2D eigenvalue weighted by molar-refractivity contribution is 7.51. The van der Waals surface area contributed by atoms with Crippen LogP contribution in [0.3, 0.4) is 0 Å². The molecule has 10 N–H and O–H groups in total. The number of amides is 6. The Bertz CT molecular complexity index is 1590. The summed E-state index contributed by atoms with van der Waals surface area (Å²) in [5.41, 5.74) is 6.61. The number of nitrogens with one attached hydrogen (secondary N) is 5. The SMILES string of the molecule is CC(=O)N1CCCC1C(=O)N[C@@H](CC(C)C)C(=O)N[C@@H](Cc1cnc[nH]1)C(=O)N[C@@H](CO)C(=O)NC(C(N)=O)[C@@H](Cc1ccccc1)CP(=O)(O)O. The quantitative estimate of drug-likeness (QED) is 0.0743. The Hall–Kier alpha value is -4.64. The number of benzene rings is 1. The largest absolute Gasteiger partial charge is 0.394 e. The van der Waals surface area contributed by atoms with Crippen LogP contribution in [0.25, 0.3) is 0 Å². The number of carbonyl (C=O) groups is 6. The molecule has 6 atom stereocenters. The molecular formula is C33H49N8O10P. The van der Waals surface area contributed by atoms with Gasteiger partial charge in [-0.05, 0) is 37.2 Å². The number of nitrogens with two attached hydrogens (primary N) is 1. The van der Waals surface area contributed by atoms with Gasteiger partial charge in [0, 0.05) is 37.7 Å². The van der Waals surface area contributed by atoms with Crippen molar-refractivity contribution in [1.82, 2.24) is 36.1 Å². The Balaban J connectivity index is 1.80. The van der Waals surface area contributed by atoms with E-state index in [9.17, 15) is 48.2 Å². The lowest BCUT2D eigenvalue weighted by atomic mass is 9.93. The van der Waals surface area contributed by atoms with Gasteiger partial charge in [0.1, 0.15) is 30.2 Å². The number of likely N-dealkylation sites (tertiary alicyclic amines) is 1. The number of nitrogens with zero attached hydrogens (tertiary/aromatic N) is 2. The van der Waals surface area contributed by atoms with Crippen molar-refractivity contribution in [3.8, 4) is 0 Å². The van der Waals surface area contributed by atoms with Gasteiger partial charge in [0.15, 0.2) is 0 Å². The molecule has 2 heterocycles. The molecule has 18 nitrogen and oxygen atoms in total. The van der Waals surface area contributed by atoms with Crippen molar-refractivity contribution < 1.29 is 48.2 Å². The minimum Gasteiger partial charge on any atom is -0.394 e. The van der Waals surface area contributed by atoms with Crippen molar-refractivity contribution >= 4 is 43.0 Å². The molecule has 0 aliphatic carbocycles. The molecule has 19 heteroatoms. The van der Waals surface area contributed by atoms with Crippen LogP contribution >= 0.6 is 7.60 Å². The van der Waals surface area contributed by atoms with Gasteiger partial charge in [-0.1, -0.05) is 44.2 Å². The molecule has 2 unspecified atom stereocenters. The summed E-state index contributed by atoms with van der Waals surface area (Å²) in [6.07, 6.45) is 3.03. The summed E-state index contributed by atoms with van der Waals surface area (Å²) < 4.78 is 12.0. The average Bonchev–Trinajstić information content (AvgIpc) is 3.77. The van der Waals surface area contributed by atoms with Crippen molar-refractivity contribution in [3.05, 3.63) is 54.1 Å². The maximum absolute atomic E-state index is 13.7. The van der Waals surface area contributed by atoms with E-state index in [4.69, 9.17) is 5.73 Å². The Kier molecular flexibility index (Phi) is 15.5. The number of aliphatic hydroxyl groups excluding tert-OH is 1. The van der Waals surface area contributed by atoms with E-state index in [0.29, 0.717) is 30.6 Å². The third kappa shape index (κ3) is 12.8. The topological polar surface area (TPSA) is 286 Å².